The first kappa shape index (κ1) is 14.4. The lowest BCUT2D eigenvalue weighted by Crippen LogP contribution is -2.58. The first-order chi connectivity index (χ1) is 9.34. The van der Waals surface area contributed by atoms with Crippen molar-refractivity contribution in [2.24, 2.45) is 17.8 Å². The molecule has 0 saturated heterocycles. The standard InChI is InChI=1S/C17H29NO2/c1-16(2,3)20-15(19)4-5-18-17-9-12-6-13(10-17)8-14(7-12)11-17/h12-14,18H,4-11H2,1-3H3. The highest BCUT2D eigenvalue weighted by atomic mass is 16.6. The Hall–Kier alpha value is -0.570. The van der Waals surface area contributed by atoms with Gasteiger partial charge in [-0.3, -0.25) is 4.79 Å². The smallest absolute Gasteiger partial charge is 0.307 e. The molecule has 114 valence electrons. The van der Waals surface area contributed by atoms with Crippen LogP contribution < -0.4 is 5.32 Å². The maximum absolute atomic E-state index is 11.8. The van der Waals surface area contributed by atoms with Crippen LogP contribution in [-0.4, -0.2) is 23.7 Å². The number of ether oxygens (including phenoxy) is 1. The zero-order valence-electron chi connectivity index (χ0n) is 13.2. The van der Waals surface area contributed by atoms with Crippen LogP contribution in [0.4, 0.5) is 0 Å². The third kappa shape index (κ3) is 3.19. The van der Waals surface area contributed by atoms with Crippen LogP contribution in [0, 0.1) is 17.8 Å². The number of hydrogen-bond donors (Lipinski definition) is 1. The fourth-order valence-electron chi connectivity index (χ4n) is 5.15. The van der Waals surface area contributed by atoms with E-state index in [-0.39, 0.29) is 11.6 Å². The average molecular weight is 279 g/mol. The molecule has 0 spiro atoms. The van der Waals surface area contributed by atoms with E-state index in [0.29, 0.717) is 12.0 Å². The molecule has 4 fully saturated rings. The molecule has 0 amide bonds. The van der Waals surface area contributed by atoms with E-state index in [4.69, 9.17) is 4.74 Å². The summed E-state index contributed by atoms with van der Waals surface area (Å²) in [4.78, 5) is 11.8. The van der Waals surface area contributed by atoms with Gasteiger partial charge in [-0.1, -0.05) is 0 Å². The SMILES string of the molecule is CC(C)(C)OC(=O)CCNC12CC3CC(CC(C3)C1)C2. The van der Waals surface area contributed by atoms with Crippen molar-refractivity contribution in [2.75, 3.05) is 6.54 Å². The van der Waals surface area contributed by atoms with Crippen LogP contribution in [0.5, 0.6) is 0 Å². The van der Waals surface area contributed by atoms with Crippen LogP contribution in [0.15, 0.2) is 0 Å². The van der Waals surface area contributed by atoms with Crippen LogP contribution in [0.25, 0.3) is 0 Å². The lowest BCUT2D eigenvalue weighted by molar-refractivity contribution is -0.154. The van der Waals surface area contributed by atoms with E-state index in [0.717, 1.165) is 24.3 Å². The number of carbonyl (C=O) groups is 1. The highest BCUT2D eigenvalue weighted by Gasteiger charge is 2.50. The molecule has 0 heterocycles. The maximum Gasteiger partial charge on any atom is 0.307 e. The fraction of sp³-hybridized carbons (Fsp3) is 0.941. The van der Waals surface area contributed by atoms with Crippen molar-refractivity contribution in [1.82, 2.24) is 5.32 Å². The monoisotopic (exact) mass is 279 g/mol. The highest BCUT2D eigenvalue weighted by molar-refractivity contribution is 5.70. The maximum atomic E-state index is 11.8. The van der Waals surface area contributed by atoms with E-state index in [1.165, 1.54) is 38.5 Å². The molecule has 1 N–H and O–H groups in total. The topological polar surface area (TPSA) is 38.3 Å². The minimum atomic E-state index is -0.363. The van der Waals surface area contributed by atoms with Gasteiger partial charge in [0.05, 0.1) is 6.42 Å². The molecule has 4 aliphatic carbocycles. The van der Waals surface area contributed by atoms with E-state index in [2.05, 4.69) is 5.32 Å². The van der Waals surface area contributed by atoms with Gasteiger partial charge in [0.15, 0.2) is 0 Å². The molecule has 0 aromatic rings. The van der Waals surface area contributed by atoms with Crippen molar-refractivity contribution in [3.63, 3.8) is 0 Å². The summed E-state index contributed by atoms with van der Waals surface area (Å²) in [5.74, 6) is 2.79. The van der Waals surface area contributed by atoms with E-state index in [1.54, 1.807) is 0 Å². The Morgan fingerprint density at radius 3 is 2.05 bits per heavy atom. The molecule has 3 nitrogen and oxygen atoms in total. The van der Waals surface area contributed by atoms with E-state index >= 15 is 0 Å². The second-order valence-electron chi connectivity index (χ2n) is 8.46. The molecule has 0 aliphatic heterocycles. The average Bonchev–Trinajstić information content (AvgIpc) is 2.23. The van der Waals surface area contributed by atoms with Crippen molar-refractivity contribution in [2.45, 2.75) is 76.9 Å². The van der Waals surface area contributed by atoms with Gasteiger partial charge in [-0.05, 0) is 77.0 Å². The molecule has 3 heteroatoms. The van der Waals surface area contributed by atoms with Crippen LogP contribution in [0.3, 0.4) is 0 Å². The minimum absolute atomic E-state index is 0.0743. The zero-order chi connectivity index (χ0) is 14.4. The lowest BCUT2D eigenvalue weighted by Gasteiger charge is -2.57. The number of rotatable bonds is 4. The second-order valence-corrected chi connectivity index (χ2v) is 8.46. The van der Waals surface area contributed by atoms with Crippen LogP contribution >= 0.6 is 0 Å². The molecular formula is C17H29NO2. The summed E-state index contributed by atoms with van der Waals surface area (Å²) in [6.45, 7) is 6.56. The summed E-state index contributed by atoms with van der Waals surface area (Å²) in [6.07, 6.45) is 8.92. The zero-order valence-corrected chi connectivity index (χ0v) is 13.2. The molecule has 0 aromatic heterocycles. The molecule has 20 heavy (non-hydrogen) atoms. The minimum Gasteiger partial charge on any atom is -0.460 e. The Morgan fingerprint density at radius 2 is 1.60 bits per heavy atom. The van der Waals surface area contributed by atoms with E-state index < -0.39 is 0 Å². The highest BCUT2D eigenvalue weighted by Crippen LogP contribution is 2.55. The van der Waals surface area contributed by atoms with Gasteiger partial charge in [0.2, 0.25) is 0 Å². The molecule has 4 rings (SSSR count). The van der Waals surface area contributed by atoms with Gasteiger partial charge in [0.1, 0.15) is 5.60 Å². The molecule has 0 aromatic carbocycles. The second kappa shape index (κ2) is 5.01. The number of carbonyl (C=O) groups excluding carboxylic acids is 1. The molecular weight excluding hydrogens is 250 g/mol. The normalized spacial score (nSPS) is 39.0. The van der Waals surface area contributed by atoms with Crippen molar-refractivity contribution in [1.29, 1.82) is 0 Å². The largest absolute Gasteiger partial charge is 0.460 e. The molecule has 4 bridgehead atoms. The Morgan fingerprint density at radius 1 is 1.10 bits per heavy atom. The van der Waals surface area contributed by atoms with Gasteiger partial charge in [-0.15, -0.1) is 0 Å². The summed E-state index contributed by atoms with van der Waals surface area (Å²) in [5.41, 5.74) is -0.00542. The van der Waals surface area contributed by atoms with Crippen molar-refractivity contribution in [3.8, 4) is 0 Å². The van der Waals surface area contributed by atoms with E-state index in [1.807, 2.05) is 20.8 Å². The summed E-state index contributed by atoms with van der Waals surface area (Å²) in [6, 6.07) is 0. The molecule has 0 atom stereocenters. The molecule has 4 aliphatic rings. The first-order valence-electron chi connectivity index (χ1n) is 8.30. The number of hydrogen-bond acceptors (Lipinski definition) is 3. The summed E-state index contributed by atoms with van der Waals surface area (Å²) < 4.78 is 5.38. The van der Waals surface area contributed by atoms with Gasteiger partial charge < -0.3 is 10.1 Å². The Balaban J connectivity index is 1.48. The Labute approximate surface area is 122 Å². The molecule has 0 unspecified atom stereocenters. The van der Waals surface area contributed by atoms with E-state index in [9.17, 15) is 4.79 Å². The number of esters is 1. The van der Waals surface area contributed by atoms with Crippen LogP contribution in [0.2, 0.25) is 0 Å². The summed E-state index contributed by atoms with van der Waals surface area (Å²) in [5, 5.41) is 3.74. The summed E-state index contributed by atoms with van der Waals surface area (Å²) >= 11 is 0. The van der Waals surface area contributed by atoms with Crippen LogP contribution in [0.1, 0.15) is 65.7 Å². The third-order valence-corrected chi connectivity index (χ3v) is 5.29. The first-order valence-corrected chi connectivity index (χ1v) is 8.30. The number of nitrogens with one attached hydrogen (secondary N) is 1. The Bertz CT molecular complexity index is 348. The quantitative estimate of drug-likeness (QED) is 0.803. The molecule has 0 radical (unpaired) electrons. The Kier molecular flexibility index (Phi) is 3.60. The molecule has 4 saturated carbocycles. The van der Waals surface area contributed by atoms with Crippen molar-refractivity contribution >= 4 is 5.97 Å². The predicted molar refractivity (Wildman–Crippen MR) is 79.4 cm³/mol. The fourth-order valence-corrected chi connectivity index (χ4v) is 5.15. The van der Waals surface area contributed by atoms with Gasteiger partial charge in [-0.25, -0.2) is 0 Å². The third-order valence-electron chi connectivity index (χ3n) is 5.29. The van der Waals surface area contributed by atoms with Crippen molar-refractivity contribution in [3.05, 3.63) is 0 Å². The summed E-state index contributed by atoms with van der Waals surface area (Å²) in [7, 11) is 0. The van der Waals surface area contributed by atoms with Crippen molar-refractivity contribution < 1.29 is 9.53 Å². The van der Waals surface area contributed by atoms with Gasteiger partial charge in [0.25, 0.3) is 0 Å². The van der Waals surface area contributed by atoms with Gasteiger partial charge >= 0.3 is 5.97 Å². The van der Waals surface area contributed by atoms with Gasteiger partial charge in [0, 0.05) is 12.1 Å². The predicted octanol–water partition coefficient (Wildman–Crippen LogP) is 3.28. The lowest BCUT2D eigenvalue weighted by atomic mass is 9.53. The van der Waals surface area contributed by atoms with Crippen LogP contribution in [-0.2, 0) is 9.53 Å². The van der Waals surface area contributed by atoms with Gasteiger partial charge in [-0.2, -0.15) is 0 Å².